The number of para-hydroxylation sites is 2. The third kappa shape index (κ3) is 4.43. The molecule has 0 amide bonds. The number of hydrogen-bond donors (Lipinski definition) is 2. The number of anilines is 2. The summed E-state index contributed by atoms with van der Waals surface area (Å²) in [4.78, 5) is 21.2. The van der Waals surface area contributed by atoms with Gasteiger partial charge in [0.1, 0.15) is 17.5 Å². The van der Waals surface area contributed by atoms with Crippen molar-refractivity contribution in [1.29, 1.82) is 5.26 Å². The number of nitriles is 1. The first-order valence-electron chi connectivity index (χ1n) is 8.20. The summed E-state index contributed by atoms with van der Waals surface area (Å²) in [6, 6.07) is 19.2. The van der Waals surface area contributed by atoms with Crippen molar-refractivity contribution in [2.24, 2.45) is 5.73 Å². The zero-order chi connectivity index (χ0) is 19.2. The molecule has 0 fully saturated rings. The number of nitrogens with zero attached hydrogens (tertiary/aromatic N) is 3. The molecule has 1 heterocycles. The Balaban J connectivity index is 1.89. The summed E-state index contributed by atoms with van der Waals surface area (Å²) in [7, 11) is 0. The van der Waals surface area contributed by atoms with E-state index in [9.17, 15) is 4.79 Å². The number of carbonyl (C=O) groups excluding carboxylic acids is 1. The van der Waals surface area contributed by atoms with Crippen LogP contribution in [-0.4, -0.2) is 21.5 Å². The van der Waals surface area contributed by atoms with E-state index in [0.29, 0.717) is 11.0 Å². The molecule has 0 saturated heterocycles. The number of hydrogen-bond acceptors (Lipinski definition) is 7. The van der Waals surface area contributed by atoms with Gasteiger partial charge in [0.05, 0.1) is 11.3 Å². The Morgan fingerprint density at radius 2 is 1.85 bits per heavy atom. The molecule has 134 valence electrons. The van der Waals surface area contributed by atoms with Crippen LogP contribution in [0.25, 0.3) is 10.9 Å². The summed E-state index contributed by atoms with van der Waals surface area (Å²) in [5.41, 5.74) is 7.46. The fourth-order valence-corrected chi connectivity index (χ4v) is 3.17. The number of aromatic nitrogens is 2. The van der Waals surface area contributed by atoms with Crippen LogP contribution < -0.4 is 11.1 Å². The van der Waals surface area contributed by atoms with Crippen molar-refractivity contribution in [3.05, 3.63) is 65.9 Å². The number of carbonyl (C=O) groups is 1. The van der Waals surface area contributed by atoms with E-state index >= 15 is 0 Å². The number of allylic oxidation sites excluding steroid dienone is 2. The minimum Gasteiger partial charge on any atom is -0.401 e. The van der Waals surface area contributed by atoms with Crippen molar-refractivity contribution in [3.63, 3.8) is 0 Å². The van der Waals surface area contributed by atoms with Crippen molar-refractivity contribution in [3.8, 4) is 6.07 Å². The highest BCUT2D eigenvalue weighted by atomic mass is 32.2. The van der Waals surface area contributed by atoms with Gasteiger partial charge in [0.15, 0.2) is 10.9 Å². The Morgan fingerprint density at radius 1 is 1.15 bits per heavy atom. The number of fused-ring (bicyclic) bond motifs is 1. The molecular formula is C20H17N5OS. The van der Waals surface area contributed by atoms with E-state index in [1.54, 1.807) is 0 Å². The zero-order valence-electron chi connectivity index (χ0n) is 14.6. The Kier molecular flexibility index (Phi) is 5.69. The molecule has 3 N–H and O–H groups in total. The average Bonchev–Trinajstić information content (AvgIpc) is 2.67. The molecule has 0 aliphatic rings. The quantitative estimate of drug-likeness (QED) is 0.292. The predicted octanol–water partition coefficient (Wildman–Crippen LogP) is 3.79. The van der Waals surface area contributed by atoms with Gasteiger partial charge in [0.2, 0.25) is 0 Å². The van der Waals surface area contributed by atoms with Gasteiger partial charge in [0.25, 0.3) is 0 Å². The van der Waals surface area contributed by atoms with E-state index in [4.69, 9.17) is 11.0 Å². The van der Waals surface area contributed by atoms with Crippen molar-refractivity contribution in [2.45, 2.75) is 12.1 Å². The smallest absolute Gasteiger partial charge is 0.190 e. The Bertz CT molecular complexity index is 1050. The SMILES string of the molecule is C/C(N)=C(\C#N)C(=O)CSc1nc(Nc2ccccc2)c2ccccc2n1. The average molecular weight is 375 g/mol. The van der Waals surface area contributed by atoms with Gasteiger partial charge in [-0.2, -0.15) is 5.26 Å². The monoisotopic (exact) mass is 375 g/mol. The maximum Gasteiger partial charge on any atom is 0.190 e. The third-order valence-electron chi connectivity index (χ3n) is 3.74. The van der Waals surface area contributed by atoms with Crippen LogP contribution in [0.4, 0.5) is 11.5 Å². The second kappa shape index (κ2) is 8.34. The summed E-state index contributed by atoms with van der Waals surface area (Å²) >= 11 is 1.18. The topological polar surface area (TPSA) is 105 Å². The van der Waals surface area contributed by atoms with Gasteiger partial charge in [-0.15, -0.1) is 0 Å². The summed E-state index contributed by atoms with van der Waals surface area (Å²) in [5, 5.41) is 13.7. The molecule has 3 rings (SSSR count). The standard InChI is InChI=1S/C20H17N5OS/c1-13(22)16(11-21)18(26)12-27-20-24-17-10-6-5-9-15(17)19(25-20)23-14-7-3-2-4-8-14/h2-10H,12,22H2,1H3,(H,23,24,25)/b16-13-. The lowest BCUT2D eigenvalue weighted by atomic mass is 10.2. The van der Waals surface area contributed by atoms with Crippen LogP contribution in [0.2, 0.25) is 0 Å². The molecule has 0 unspecified atom stereocenters. The summed E-state index contributed by atoms with van der Waals surface area (Å²) in [5.74, 6) is 0.366. The number of rotatable bonds is 6. The Hall–Kier alpha value is -3.37. The second-order valence-corrected chi connectivity index (χ2v) is 6.69. The number of nitrogens with two attached hydrogens (primary N) is 1. The largest absolute Gasteiger partial charge is 0.401 e. The van der Waals surface area contributed by atoms with E-state index in [-0.39, 0.29) is 22.8 Å². The molecule has 0 aliphatic heterocycles. The Labute approximate surface area is 161 Å². The minimum absolute atomic E-state index is 0.0223. The van der Waals surface area contributed by atoms with Crippen molar-refractivity contribution >= 4 is 40.0 Å². The van der Waals surface area contributed by atoms with Crippen LogP contribution in [0.15, 0.2) is 71.0 Å². The first-order valence-corrected chi connectivity index (χ1v) is 9.18. The zero-order valence-corrected chi connectivity index (χ0v) is 15.5. The molecule has 2 aromatic carbocycles. The fourth-order valence-electron chi connectivity index (χ4n) is 2.45. The highest BCUT2D eigenvalue weighted by molar-refractivity contribution is 7.99. The fraction of sp³-hybridized carbons (Fsp3) is 0.100. The van der Waals surface area contributed by atoms with Crippen molar-refractivity contribution < 1.29 is 4.79 Å². The molecular weight excluding hydrogens is 358 g/mol. The molecule has 0 atom stereocenters. The lowest BCUT2D eigenvalue weighted by Crippen LogP contribution is -2.10. The predicted molar refractivity (Wildman–Crippen MR) is 107 cm³/mol. The van der Waals surface area contributed by atoms with E-state index in [1.165, 1.54) is 18.7 Å². The maximum atomic E-state index is 12.2. The first-order chi connectivity index (χ1) is 13.1. The lowest BCUT2D eigenvalue weighted by molar-refractivity contribution is -0.112. The van der Waals surface area contributed by atoms with Crippen LogP contribution in [0.1, 0.15) is 6.92 Å². The molecule has 27 heavy (non-hydrogen) atoms. The molecule has 0 bridgehead atoms. The number of thioether (sulfide) groups is 1. The van der Waals surface area contributed by atoms with Crippen LogP contribution in [-0.2, 0) is 4.79 Å². The van der Waals surface area contributed by atoms with Crippen LogP contribution >= 0.6 is 11.8 Å². The molecule has 1 aromatic heterocycles. The van der Waals surface area contributed by atoms with E-state index in [2.05, 4.69) is 15.3 Å². The van der Waals surface area contributed by atoms with Crippen LogP contribution in [0.5, 0.6) is 0 Å². The first kappa shape index (κ1) is 18.4. The molecule has 0 radical (unpaired) electrons. The van der Waals surface area contributed by atoms with E-state index < -0.39 is 0 Å². The van der Waals surface area contributed by atoms with Crippen LogP contribution in [0.3, 0.4) is 0 Å². The second-order valence-electron chi connectivity index (χ2n) is 5.74. The highest BCUT2D eigenvalue weighted by Crippen LogP contribution is 2.27. The molecule has 0 aliphatic carbocycles. The highest BCUT2D eigenvalue weighted by Gasteiger charge is 2.14. The number of ketones is 1. The van der Waals surface area contributed by atoms with Gasteiger partial charge in [-0.05, 0) is 31.2 Å². The maximum absolute atomic E-state index is 12.2. The molecule has 6 nitrogen and oxygen atoms in total. The molecule has 0 saturated carbocycles. The van der Waals surface area contributed by atoms with E-state index in [0.717, 1.165) is 16.6 Å². The summed E-state index contributed by atoms with van der Waals surface area (Å²) in [6.07, 6.45) is 0. The van der Waals surface area contributed by atoms with Gasteiger partial charge in [-0.3, -0.25) is 4.79 Å². The normalized spacial score (nSPS) is 11.6. The lowest BCUT2D eigenvalue weighted by Gasteiger charge is -2.10. The number of Topliss-reactive ketones (excluding diaryl/α,β-unsaturated/α-hetero) is 1. The van der Waals surface area contributed by atoms with Gasteiger partial charge in [-0.1, -0.05) is 42.1 Å². The van der Waals surface area contributed by atoms with Gasteiger partial charge < -0.3 is 11.1 Å². The molecule has 3 aromatic rings. The number of nitrogens with one attached hydrogen (secondary N) is 1. The van der Waals surface area contributed by atoms with Crippen molar-refractivity contribution in [1.82, 2.24) is 9.97 Å². The van der Waals surface area contributed by atoms with Gasteiger partial charge in [0, 0.05) is 16.8 Å². The van der Waals surface area contributed by atoms with Crippen molar-refractivity contribution in [2.75, 3.05) is 11.1 Å². The summed E-state index contributed by atoms with van der Waals surface area (Å²) in [6.45, 7) is 1.54. The van der Waals surface area contributed by atoms with Crippen LogP contribution in [0, 0.1) is 11.3 Å². The van der Waals surface area contributed by atoms with Gasteiger partial charge in [-0.25, -0.2) is 9.97 Å². The van der Waals surface area contributed by atoms with E-state index in [1.807, 2.05) is 60.7 Å². The molecule has 0 spiro atoms. The van der Waals surface area contributed by atoms with Gasteiger partial charge >= 0.3 is 0 Å². The number of benzene rings is 2. The third-order valence-corrected chi connectivity index (χ3v) is 4.58. The minimum atomic E-state index is -0.336. The summed E-state index contributed by atoms with van der Waals surface area (Å²) < 4.78 is 0. The molecule has 7 heteroatoms. The Morgan fingerprint density at radius 3 is 2.56 bits per heavy atom.